The molecule has 0 radical (unpaired) electrons. The first-order valence-corrected chi connectivity index (χ1v) is 6.99. The van der Waals surface area contributed by atoms with Gasteiger partial charge in [0.2, 0.25) is 5.95 Å². The first-order chi connectivity index (χ1) is 9.58. The van der Waals surface area contributed by atoms with Crippen LogP contribution < -0.4 is 16.7 Å². The third kappa shape index (κ3) is 1.94. The molecule has 5 nitrogen and oxygen atoms in total. The van der Waals surface area contributed by atoms with Crippen LogP contribution in [0.2, 0.25) is 0 Å². The summed E-state index contributed by atoms with van der Waals surface area (Å²) in [6.45, 7) is 3.90. The number of nitrogens with one attached hydrogen (secondary N) is 1. The number of nitrogens with two attached hydrogens (primary N) is 1. The second kappa shape index (κ2) is 4.64. The molecule has 102 valence electrons. The number of anilines is 2. The normalized spacial score (nSPS) is 10.9. The predicted molar refractivity (Wildman–Crippen MR) is 83.2 cm³/mol. The van der Waals surface area contributed by atoms with Gasteiger partial charge in [-0.15, -0.1) is 11.3 Å². The Morgan fingerprint density at radius 3 is 2.65 bits per heavy atom. The van der Waals surface area contributed by atoms with Crippen molar-refractivity contribution in [3.05, 3.63) is 51.1 Å². The fraction of sp³-hybridized carbons (Fsp3) is 0.143. The fourth-order valence-electron chi connectivity index (χ4n) is 2.05. The minimum absolute atomic E-state index is 0.227. The number of aryl methyl sites for hydroxylation is 2. The molecule has 0 atom stereocenters. The van der Waals surface area contributed by atoms with E-state index in [0.717, 1.165) is 20.8 Å². The van der Waals surface area contributed by atoms with E-state index in [-0.39, 0.29) is 5.56 Å². The van der Waals surface area contributed by atoms with E-state index in [0.29, 0.717) is 16.2 Å². The van der Waals surface area contributed by atoms with Crippen molar-refractivity contribution in [1.82, 2.24) is 9.66 Å². The largest absolute Gasteiger partial charge is 0.333 e. The lowest BCUT2D eigenvalue weighted by atomic mass is 10.2. The Kier molecular flexibility index (Phi) is 2.94. The lowest BCUT2D eigenvalue weighted by molar-refractivity contribution is 0.928. The summed E-state index contributed by atoms with van der Waals surface area (Å²) in [5.41, 5.74) is 1.56. The maximum Gasteiger partial charge on any atom is 0.282 e. The molecule has 3 rings (SSSR count). The van der Waals surface area contributed by atoms with Gasteiger partial charge in [-0.25, -0.2) is 4.98 Å². The SMILES string of the molecule is Cc1sc2nc(Nc3ccccc3)n(N)c(=O)c2c1C. The maximum absolute atomic E-state index is 12.3. The lowest BCUT2D eigenvalue weighted by Crippen LogP contribution is -2.30. The van der Waals surface area contributed by atoms with Crippen LogP contribution in [0.15, 0.2) is 35.1 Å². The highest BCUT2D eigenvalue weighted by molar-refractivity contribution is 7.18. The number of para-hydroxylation sites is 1. The Balaban J connectivity index is 2.18. The van der Waals surface area contributed by atoms with E-state index in [4.69, 9.17) is 5.84 Å². The number of aromatic nitrogens is 2. The van der Waals surface area contributed by atoms with Crippen molar-refractivity contribution in [2.45, 2.75) is 13.8 Å². The van der Waals surface area contributed by atoms with Crippen LogP contribution in [0.5, 0.6) is 0 Å². The molecule has 0 aliphatic heterocycles. The van der Waals surface area contributed by atoms with Crippen molar-refractivity contribution in [3.63, 3.8) is 0 Å². The van der Waals surface area contributed by atoms with Gasteiger partial charge in [-0.1, -0.05) is 18.2 Å². The average molecular weight is 286 g/mol. The standard InChI is InChI=1S/C14H14N4OS/c1-8-9(2)20-12-11(8)13(19)18(15)14(17-12)16-10-6-4-3-5-7-10/h3-7H,15H2,1-2H3,(H,16,17). The summed E-state index contributed by atoms with van der Waals surface area (Å²) < 4.78 is 1.06. The summed E-state index contributed by atoms with van der Waals surface area (Å²) in [7, 11) is 0. The number of rotatable bonds is 2. The zero-order chi connectivity index (χ0) is 14.3. The summed E-state index contributed by atoms with van der Waals surface area (Å²) in [4.78, 5) is 18.6. The molecule has 0 aliphatic carbocycles. The summed E-state index contributed by atoms with van der Waals surface area (Å²) in [6, 6.07) is 9.50. The molecular formula is C14H14N4OS. The van der Waals surface area contributed by atoms with Gasteiger partial charge in [0, 0.05) is 10.6 Å². The second-order valence-electron chi connectivity index (χ2n) is 4.56. The molecule has 2 heterocycles. The van der Waals surface area contributed by atoms with Crippen LogP contribution in [0.4, 0.5) is 11.6 Å². The molecule has 1 aromatic carbocycles. The second-order valence-corrected chi connectivity index (χ2v) is 5.77. The van der Waals surface area contributed by atoms with E-state index in [2.05, 4.69) is 10.3 Å². The Morgan fingerprint density at radius 2 is 1.95 bits per heavy atom. The Hall–Kier alpha value is -2.34. The number of benzene rings is 1. The van der Waals surface area contributed by atoms with Crippen LogP contribution in [0.25, 0.3) is 10.2 Å². The van der Waals surface area contributed by atoms with Crippen LogP contribution in [-0.2, 0) is 0 Å². The minimum atomic E-state index is -0.227. The first-order valence-electron chi connectivity index (χ1n) is 6.18. The van der Waals surface area contributed by atoms with Gasteiger partial charge in [-0.05, 0) is 31.5 Å². The number of hydrogen-bond donors (Lipinski definition) is 2. The average Bonchev–Trinajstić information content (AvgIpc) is 2.72. The van der Waals surface area contributed by atoms with Gasteiger partial charge in [0.25, 0.3) is 5.56 Å². The molecule has 0 aliphatic rings. The molecular weight excluding hydrogens is 272 g/mol. The summed E-state index contributed by atoms with van der Waals surface area (Å²) >= 11 is 1.51. The van der Waals surface area contributed by atoms with Crippen LogP contribution in [0, 0.1) is 13.8 Å². The van der Waals surface area contributed by atoms with Gasteiger partial charge in [-0.2, -0.15) is 4.68 Å². The van der Waals surface area contributed by atoms with E-state index in [9.17, 15) is 4.79 Å². The smallest absolute Gasteiger partial charge is 0.282 e. The van der Waals surface area contributed by atoms with Gasteiger partial charge in [0.15, 0.2) is 0 Å². The highest BCUT2D eigenvalue weighted by Crippen LogP contribution is 2.27. The van der Waals surface area contributed by atoms with Crippen molar-refractivity contribution >= 4 is 33.2 Å². The van der Waals surface area contributed by atoms with E-state index >= 15 is 0 Å². The van der Waals surface area contributed by atoms with E-state index < -0.39 is 0 Å². The molecule has 0 amide bonds. The number of thiophene rings is 1. The zero-order valence-corrected chi connectivity index (χ0v) is 12.0. The molecule has 3 N–H and O–H groups in total. The lowest BCUT2D eigenvalue weighted by Gasteiger charge is -2.09. The topological polar surface area (TPSA) is 72.9 Å². The molecule has 0 spiro atoms. The summed E-state index contributed by atoms with van der Waals surface area (Å²) in [5.74, 6) is 6.20. The highest BCUT2D eigenvalue weighted by atomic mass is 32.1. The quantitative estimate of drug-likeness (QED) is 0.710. The van der Waals surface area contributed by atoms with E-state index in [1.54, 1.807) is 0 Å². The Bertz CT molecular complexity index is 836. The molecule has 0 saturated heterocycles. The summed E-state index contributed by atoms with van der Waals surface area (Å²) in [5, 5.41) is 3.67. The van der Waals surface area contributed by atoms with Gasteiger partial charge >= 0.3 is 0 Å². The molecule has 20 heavy (non-hydrogen) atoms. The van der Waals surface area contributed by atoms with Crippen molar-refractivity contribution < 1.29 is 0 Å². The molecule has 0 bridgehead atoms. The Labute approximate surface area is 119 Å². The van der Waals surface area contributed by atoms with Crippen LogP contribution in [-0.4, -0.2) is 9.66 Å². The molecule has 3 aromatic rings. The first kappa shape index (κ1) is 12.7. The number of nitrogens with zero attached hydrogens (tertiary/aromatic N) is 2. The number of fused-ring (bicyclic) bond motifs is 1. The van der Waals surface area contributed by atoms with Crippen molar-refractivity contribution in [1.29, 1.82) is 0 Å². The minimum Gasteiger partial charge on any atom is -0.333 e. The molecule has 2 aromatic heterocycles. The third-order valence-electron chi connectivity index (χ3n) is 3.26. The van der Waals surface area contributed by atoms with Gasteiger partial charge in [-0.3, -0.25) is 4.79 Å². The van der Waals surface area contributed by atoms with Crippen molar-refractivity contribution in [2.75, 3.05) is 11.2 Å². The molecule has 0 fully saturated rings. The Morgan fingerprint density at radius 1 is 1.25 bits per heavy atom. The summed E-state index contributed by atoms with van der Waals surface area (Å²) in [6.07, 6.45) is 0. The van der Waals surface area contributed by atoms with Crippen LogP contribution in [0.3, 0.4) is 0 Å². The molecule has 0 unspecified atom stereocenters. The predicted octanol–water partition coefficient (Wildman–Crippen LogP) is 2.53. The molecule has 6 heteroatoms. The van der Waals surface area contributed by atoms with Crippen LogP contribution in [0.1, 0.15) is 10.4 Å². The van der Waals surface area contributed by atoms with Gasteiger partial charge < -0.3 is 11.2 Å². The van der Waals surface area contributed by atoms with Crippen molar-refractivity contribution in [3.8, 4) is 0 Å². The van der Waals surface area contributed by atoms with Gasteiger partial charge in [0.1, 0.15) is 4.83 Å². The van der Waals surface area contributed by atoms with Crippen LogP contribution >= 0.6 is 11.3 Å². The zero-order valence-electron chi connectivity index (χ0n) is 11.2. The van der Waals surface area contributed by atoms with E-state index in [1.165, 1.54) is 11.3 Å². The monoisotopic (exact) mass is 286 g/mol. The molecule has 0 saturated carbocycles. The number of nitrogen functional groups attached to an aromatic ring is 1. The highest BCUT2D eigenvalue weighted by Gasteiger charge is 2.15. The van der Waals surface area contributed by atoms with Gasteiger partial charge in [0.05, 0.1) is 5.39 Å². The number of hydrogen-bond acceptors (Lipinski definition) is 5. The maximum atomic E-state index is 12.3. The fourth-order valence-corrected chi connectivity index (χ4v) is 3.06. The third-order valence-corrected chi connectivity index (χ3v) is 4.37. The van der Waals surface area contributed by atoms with E-state index in [1.807, 2.05) is 44.2 Å². The van der Waals surface area contributed by atoms with Crippen molar-refractivity contribution in [2.24, 2.45) is 0 Å².